The van der Waals surface area contributed by atoms with E-state index >= 15 is 0 Å². The third-order valence-electron chi connectivity index (χ3n) is 2.27. The fourth-order valence-electron chi connectivity index (χ4n) is 1.42. The summed E-state index contributed by atoms with van der Waals surface area (Å²) in [5.74, 6) is 0.531. The van der Waals surface area contributed by atoms with E-state index in [1.165, 1.54) is 23.9 Å². The van der Waals surface area contributed by atoms with E-state index in [0.717, 1.165) is 0 Å². The minimum Gasteiger partial charge on any atom is -0.435 e. The van der Waals surface area contributed by atoms with Crippen molar-refractivity contribution < 1.29 is 13.5 Å². The lowest BCUT2D eigenvalue weighted by atomic mass is 10.2. The normalized spacial score (nSPS) is 11.0. The molecular formula is C11H10ClF2N3OS. The van der Waals surface area contributed by atoms with E-state index in [1.54, 1.807) is 24.0 Å². The molecule has 0 fully saturated rings. The van der Waals surface area contributed by atoms with Crippen molar-refractivity contribution >= 4 is 23.4 Å². The number of ether oxygens (including phenoxy) is 1. The summed E-state index contributed by atoms with van der Waals surface area (Å²) in [7, 11) is 1.80. The van der Waals surface area contributed by atoms with Crippen LogP contribution < -0.4 is 4.74 Å². The van der Waals surface area contributed by atoms with Crippen LogP contribution in [0.15, 0.2) is 29.7 Å². The van der Waals surface area contributed by atoms with Crippen LogP contribution in [0.25, 0.3) is 0 Å². The average molecular weight is 306 g/mol. The molecule has 1 heterocycles. The Hall–Kier alpha value is -1.34. The summed E-state index contributed by atoms with van der Waals surface area (Å²) >= 11 is 7.22. The number of hydrogen-bond acceptors (Lipinski definition) is 4. The van der Waals surface area contributed by atoms with Gasteiger partial charge < -0.3 is 9.30 Å². The number of rotatable bonds is 5. The second-order valence-corrected chi connectivity index (χ2v) is 5.02. The molecule has 0 saturated carbocycles. The van der Waals surface area contributed by atoms with Crippen molar-refractivity contribution in [2.24, 2.45) is 7.05 Å². The molecule has 0 atom stereocenters. The van der Waals surface area contributed by atoms with E-state index in [2.05, 4.69) is 14.9 Å². The molecule has 0 N–H and O–H groups in total. The van der Waals surface area contributed by atoms with Gasteiger partial charge in [-0.2, -0.15) is 8.78 Å². The highest BCUT2D eigenvalue weighted by Crippen LogP contribution is 2.30. The van der Waals surface area contributed by atoms with Crippen molar-refractivity contribution in [3.63, 3.8) is 0 Å². The Bertz CT molecular complexity index is 565. The maximum atomic E-state index is 12.3. The summed E-state index contributed by atoms with van der Waals surface area (Å²) in [4.78, 5) is 0. The summed E-state index contributed by atoms with van der Waals surface area (Å²) in [6.07, 6.45) is 1.57. The van der Waals surface area contributed by atoms with Gasteiger partial charge in [0.05, 0.1) is 0 Å². The van der Waals surface area contributed by atoms with Gasteiger partial charge in [0, 0.05) is 23.4 Å². The van der Waals surface area contributed by atoms with Gasteiger partial charge >= 0.3 is 6.61 Å². The first-order chi connectivity index (χ1) is 9.06. The van der Waals surface area contributed by atoms with Crippen molar-refractivity contribution in [3.8, 4) is 5.75 Å². The Morgan fingerprint density at radius 1 is 1.47 bits per heavy atom. The Morgan fingerprint density at radius 3 is 2.89 bits per heavy atom. The smallest absolute Gasteiger partial charge is 0.387 e. The molecule has 2 rings (SSSR count). The largest absolute Gasteiger partial charge is 0.435 e. The minimum absolute atomic E-state index is 0.120. The van der Waals surface area contributed by atoms with E-state index in [-0.39, 0.29) is 5.75 Å². The molecule has 4 nitrogen and oxygen atoms in total. The van der Waals surface area contributed by atoms with Crippen LogP contribution >= 0.6 is 23.4 Å². The van der Waals surface area contributed by atoms with E-state index < -0.39 is 6.61 Å². The number of thioether (sulfide) groups is 1. The first-order valence-corrected chi connectivity index (χ1v) is 6.62. The van der Waals surface area contributed by atoms with Gasteiger partial charge in [-0.1, -0.05) is 23.4 Å². The van der Waals surface area contributed by atoms with Gasteiger partial charge in [0.25, 0.3) is 0 Å². The Balaban J connectivity index is 2.14. The Kier molecular flexibility index (Phi) is 4.60. The van der Waals surface area contributed by atoms with Crippen LogP contribution in [0.5, 0.6) is 5.75 Å². The zero-order valence-electron chi connectivity index (χ0n) is 9.89. The maximum Gasteiger partial charge on any atom is 0.387 e. The summed E-state index contributed by atoms with van der Waals surface area (Å²) in [5.41, 5.74) is 0.584. The molecule has 1 aromatic heterocycles. The third-order valence-corrected chi connectivity index (χ3v) is 3.58. The minimum atomic E-state index is -2.86. The molecule has 0 amide bonds. The molecule has 1 aromatic carbocycles. The third kappa shape index (κ3) is 3.81. The van der Waals surface area contributed by atoms with Crippen molar-refractivity contribution in [3.05, 3.63) is 35.1 Å². The summed E-state index contributed by atoms with van der Waals surface area (Å²) < 4.78 is 30.8. The van der Waals surface area contributed by atoms with E-state index in [1.807, 2.05) is 0 Å². The molecule has 0 aliphatic heterocycles. The molecule has 0 bridgehead atoms. The Morgan fingerprint density at radius 2 is 2.26 bits per heavy atom. The zero-order valence-corrected chi connectivity index (χ0v) is 11.5. The van der Waals surface area contributed by atoms with Gasteiger partial charge in [-0.3, -0.25) is 0 Å². The van der Waals surface area contributed by atoms with Crippen LogP contribution in [0.2, 0.25) is 5.02 Å². The number of nitrogens with zero attached hydrogens (tertiary/aromatic N) is 3. The lowest BCUT2D eigenvalue weighted by Crippen LogP contribution is -2.04. The van der Waals surface area contributed by atoms with Crippen molar-refractivity contribution in [1.82, 2.24) is 14.8 Å². The molecule has 0 aliphatic rings. The SMILES string of the molecule is Cn1cnnc1SCc1cc(Cl)ccc1OC(F)F. The summed E-state index contributed by atoms with van der Waals surface area (Å²) in [6.45, 7) is -2.86. The first kappa shape index (κ1) is 14.1. The van der Waals surface area contributed by atoms with Crippen LogP contribution in [-0.4, -0.2) is 21.4 Å². The standard InChI is InChI=1S/C11H10ClF2N3OS/c1-17-6-15-16-11(17)19-5-7-4-8(12)2-3-9(7)18-10(13)14/h2-4,6,10H,5H2,1H3. The second kappa shape index (κ2) is 6.21. The number of aryl methyl sites for hydroxylation is 1. The molecule has 0 spiro atoms. The Labute approximate surface area is 117 Å². The topological polar surface area (TPSA) is 39.9 Å². The van der Waals surface area contributed by atoms with Gasteiger partial charge in [-0.05, 0) is 18.2 Å². The van der Waals surface area contributed by atoms with Crippen LogP contribution in [0.1, 0.15) is 5.56 Å². The van der Waals surface area contributed by atoms with Crippen molar-refractivity contribution in [1.29, 1.82) is 0 Å². The van der Waals surface area contributed by atoms with Gasteiger partial charge in [0.2, 0.25) is 0 Å². The van der Waals surface area contributed by atoms with Gasteiger partial charge in [-0.25, -0.2) is 0 Å². The van der Waals surface area contributed by atoms with Crippen molar-refractivity contribution in [2.45, 2.75) is 17.5 Å². The molecule has 2 aromatic rings. The van der Waals surface area contributed by atoms with Crippen LogP contribution in [0.4, 0.5) is 8.78 Å². The highest BCUT2D eigenvalue weighted by Gasteiger charge is 2.12. The van der Waals surface area contributed by atoms with E-state index in [0.29, 0.717) is 21.5 Å². The molecular weight excluding hydrogens is 296 g/mol. The van der Waals surface area contributed by atoms with Crippen LogP contribution in [0, 0.1) is 0 Å². The quantitative estimate of drug-likeness (QED) is 0.794. The lowest BCUT2D eigenvalue weighted by Gasteiger charge is -2.10. The molecule has 19 heavy (non-hydrogen) atoms. The number of hydrogen-bond donors (Lipinski definition) is 0. The fraction of sp³-hybridized carbons (Fsp3) is 0.273. The van der Waals surface area contributed by atoms with Crippen LogP contribution in [0.3, 0.4) is 0 Å². The summed E-state index contributed by atoms with van der Waals surface area (Å²) in [6, 6.07) is 4.54. The van der Waals surface area contributed by atoms with Crippen molar-refractivity contribution in [2.75, 3.05) is 0 Å². The summed E-state index contributed by atoms with van der Waals surface area (Å²) in [5, 5.41) is 8.79. The van der Waals surface area contributed by atoms with Gasteiger partial charge in [0.1, 0.15) is 12.1 Å². The number of alkyl halides is 2. The van der Waals surface area contributed by atoms with Gasteiger partial charge in [-0.15, -0.1) is 10.2 Å². The van der Waals surface area contributed by atoms with E-state index in [9.17, 15) is 8.78 Å². The second-order valence-electron chi connectivity index (χ2n) is 3.64. The van der Waals surface area contributed by atoms with E-state index in [4.69, 9.17) is 11.6 Å². The van der Waals surface area contributed by atoms with Crippen LogP contribution in [-0.2, 0) is 12.8 Å². The molecule has 0 radical (unpaired) electrons. The molecule has 102 valence electrons. The zero-order chi connectivity index (χ0) is 13.8. The first-order valence-electron chi connectivity index (χ1n) is 5.26. The molecule has 0 saturated heterocycles. The highest BCUT2D eigenvalue weighted by molar-refractivity contribution is 7.98. The number of benzene rings is 1. The van der Waals surface area contributed by atoms with Gasteiger partial charge in [0.15, 0.2) is 5.16 Å². The number of halogens is 3. The maximum absolute atomic E-state index is 12.3. The fourth-order valence-corrected chi connectivity index (χ4v) is 2.48. The molecule has 0 aliphatic carbocycles. The predicted octanol–water partition coefficient (Wildman–Crippen LogP) is 3.36. The molecule has 0 unspecified atom stereocenters. The monoisotopic (exact) mass is 305 g/mol. The lowest BCUT2D eigenvalue weighted by molar-refractivity contribution is -0.0503. The number of aromatic nitrogens is 3. The predicted molar refractivity (Wildman–Crippen MR) is 68.6 cm³/mol. The molecule has 8 heteroatoms. The average Bonchev–Trinajstić information content (AvgIpc) is 2.75. The highest BCUT2D eigenvalue weighted by atomic mass is 35.5.